The lowest BCUT2D eigenvalue weighted by Gasteiger charge is -2.31. The van der Waals surface area contributed by atoms with E-state index in [9.17, 15) is 4.79 Å². The van der Waals surface area contributed by atoms with E-state index < -0.39 is 6.10 Å². The van der Waals surface area contributed by atoms with Crippen LogP contribution in [0.4, 0.5) is 0 Å². The second kappa shape index (κ2) is 6.35. The zero-order chi connectivity index (χ0) is 14.7. The number of carbonyl (C=O) groups is 1. The Morgan fingerprint density at radius 3 is 2.95 bits per heavy atom. The van der Waals surface area contributed by atoms with Gasteiger partial charge in [-0.3, -0.25) is 4.79 Å². The summed E-state index contributed by atoms with van der Waals surface area (Å²) < 4.78 is 11.3. The van der Waals surface area contributed by atoms with E-state index >= 15 is 0 Å². The molecule has 2 aliphatic heterocycles. The van der Waals surface area contributed by atoms with E-state index in [-0.39, 0.29) is 18.6 Å². The third-order valence-corrected chi connectivity index (χ3v) is 4.21. The molecule has 1 aromatic rings. The van der Waals surface area contributed by atoms with Crippen molar-refractivity contribution in [2.45, 2.75) is 31.9 Å². The molecule has 0 radical (unpaired) electrons. The molecular weight excluding hydrogens is 268 g/mol. The molecule has 1 amide bonds. The summed E-state index contributed by atoms with van der Waals surface area (Å²) in [5.41, 5.74) is 0. The number of hydrogen-bond donors (Lipinski definition) is 2. The molecule has 1 fully saturated rings. The number of ether oxygens (including phenoxy) is 2. The fourth-order valence-electron chi connectivity index (χ4n) is 2.89. The molecule has 0 aromatic heterocycles. The highest BCUT2D eigenvalue weighted by Gasteiger charge is 2.30. The second-order valence-corrected chi connectivity index (χ2v) is 5.77. The van der Waals surface area contributed by atoms with Crippen LogP contribution in [-0.2, 0) is 4.79 Å². The van der Waals surface area contributed by atoms with Crippen molar-refractivity contribution in [3.8, 4) is 11.5 Å². The highest BCUT2D eigenvalue weighted by molar-refractivity contribution is 5.82. The van der Waals surface area contributed by atoms with Crippen molar-refractivity contribution in [3.63, 3.8) is 0 Å². The van der Waals surface area contributed by atoms with E-state index in [2.05, 4.69) is 17.6 Å². The predicted molar refractivity (Wildman–Crippen MR) is 79.6 cm³/mol. The number of benzene rings is 1. The fourth-order valence-corrected chi connectivity index (χ4v) is 2.89. The van der Waals surface area contributed by atoms with Gasteiger partial charge in [0.2, 0.25) is 6.10 Å². The average Bonchev–Trinajstić information content (AvgIpc) is 2.55. The smallest absolute Gasteiger partial charge is 0.264 e. The molecule has 2 heterocycles. The Bertz CT molecular complexity index is 500. The van der Waals surface area contributed by atoms with Crippen molar-refractivity contribution >= 4 is 5.91 Å². The van der Waals surface area contributed by atoms with Crippen LogP contribution in [0.5, 0.6) is 11.5 Å². The normalized spacial score (nSPS) is 26.0. The molecule has 0 spiro atoms. The number of nitrogens with one attached hydrogen (secondary N) is 2. The van der Waals surface area contributed by atoms with Crippen LogP contribution in [0.15, 0.2) is 24.3 Å². The minimum atomic E-state index is -0.570. The molecule has 3 rings (SSSR count). The fraction of sp³-hybridized carbons (Fsp3) is 0.562. The molecule has 114 valence electrons. The third-order valence-electron chi connectivity index (χ3n) is 4.21. The van der Waals surface area contributed by atoms with Crippen molar-refractivity contribution in [2.24, 2.45) is 5.92 Å². The molecule has 0 aliphatic carbocycles. The first-order valence-corrected chi connectivity index (χ1v) is 7.63. The van der Waals surface area contributed by atoms with Gasteiger partial charge in [-0.05, 0) is 50.9 Å². The molecule has 2 N–H and O–H groups in total. The zero-order valence-corrected chi connectivity index (χ0v) is 12.3. The Morgan fingerprint density at radius 2 is 2.19 bits per heavy atom. The lowest BCUT2D eigenvalue weighted by Crippen LogP contribution is -2.50. The van der Waals surface area contributed by atoms with Crippen molar-refractivity contribution < 1.29 is 14.3 Å². The SMILES string of the molecule is CC(NC(=O)C1COc2ccccc2O1)C1CCCNC1. The van der Waals surface area contributed by atoms with E-state index in [0.29, 0.717) is 17.4 Å². The van der Waals surface area contributed by atoms with Gasteiger partial charge in [0.25, 0.3) is 5.91 Å². The van der Waals surface area contributed by atoms with Gasteiger partial charge >= 0.3 is 0 Å². The third kappa shape index (κ3) is 3.29. The highest BCUT2D eigenvalue weighted by Crippen LogP contribution is 2.30. The van der Waals surface area contributed by atoms with Crippen molar-refractivity contribution in [1.29, 1.82) is 0 Å². The largest absolute Gasteiger partial charge is 0.485 e. The first kappa shape index (κ1) is 14.2. The van der Waals surface area contributed by atoms with Crippen LogP contribution in [0.3, 0.4) is 0 Å². The van der Waals surface area contributed by atoms with Crippen LogP contribution in [0.1, 0.15) is 19.8 Å². The first-order chi connectivity index (χ1) is 10.2. The van der Waals surface area contributed by atoms with E-state index in [1.54, 1.807) is 0 Å². The van der Waals surface area contributed by atoms with Crippen molar-refractivity contribution in [2.75, 3.05) is 19.7 Å². The molecule has 5 heteroatoms. The summed E-state index contributed by atoms with van der Waals surface area (Å²) in [5, 5.41) is 6.44. The van der Waals surface area contributed by atoms with Gasteiger partial charge in [-0.15, -0.1) is 0 Å². The number of amides is 1. The van der Waals surface area contributed by atoms with E-state index in [0.717, 1.165) is 19.5 Å². The maximum atomic E-state index is 12.3. The summed E-state index contributed by atoms with van der Waals surface area (Å²) in [4.78, 5) is 12.3. The van der Waals surface area contributed by atoms with Crippen molar-refractivity contribution in [1.82, 2.24) is 10.6 Å². The minimum Gasteiger partial charge on any atom is -0.485 e. The van der Waals surface area contributed by atoms with Gasteiger partial charge in [0.05, 0.1) is 0 Å². The van der Waals surface area contributed by atoms with Crippen LogP contribution >= 0.6 is 0 Å². The quantitative estimate of drug-likeness (QED) is 0.882. The number of carbonyl (C=O) groups excluding carboxylic acids is 1. The van der Waals surface area contributed by atoms with E-state index in [1.807, 2.05) is 24.3 Å². The summed E-state index contributed by atoms with van der Waals surface area (Å²) in [6, 6.07) is 7.58. The van der Waals surface area contributed by atoms with Crippen LogP contribution in [-0.4, -0.2) is 37.7 Å². The molecule has 3 unspecified atom stereocenters. The van der Waals surface area contributed by atoms with Gasteiger partial charge in [0.15, 0.2) is 11.5 Å². The summed E-state index contributed by atoms with van der Waals surface area (Å²) in [6.45, 7) is 4.37. The zero-order valence-electron chi connectivity index (χ0n) is 12.3. The molecule has 3 atom stereocenters. The summed E-state index contributed by atoms with van der Waals surface area (Å²) in [7, 11) is 0. The van der Waals surface area contributed by atoms with Crippen molar-refractivity contribution in [3.05, 3.63) is 24.3 Å². The van der Waals surface area contributed by atoms with Crippen LogP contribution in [0.2, 0.25) is 0 Å². The lowest BCUT2D eigenvalue weighted by atomic mass is 9.92. The number of para-hydroxylation sites is 2. The monoisotopic (exact) mass is 290 g/mol. The van der Waals surface area contributed by atoms with Gasteiger partial charge < -0.3 is 20.1 Å². The van der Waals surface area contributed by atoms with Gasteiger partial charge in [0.1, 0.15) is 6.61 Å². The van der Waals surface area contributed by atoms with E-state index in [4.69, 9.17) is 9.47 Å². The standard InChI is InChI=1S/C16H22N2O3/c1-11(12-5-4-8-17-9-12)18-16(19)15-10-20-13-6-2-3-7-14(13)21-15/h2-3,6-7,11-12,15,17H,4-5,8-10H2,1H3,(H,18,19). The Labute approximate surface area is 125 Å². The maximum absolute atomic E-state index is 12.3. The number of fused-ring (bicyclic) bond motifs is 1. The average molecular weight is 290 g/mol. The minimum absolute atomic E-state index is 0.0948. The predicted octanol–water partition coefficient (Wildman–Crippen LogP) is 1.33. The molecule has 0 saturated carbocycles. The molecule has 21 heavy (non-hydrogen) atoms. The summed E-state index contributed by atoms with van der Waals surface area (Å²) in [5.74, 6) is 1.73. The van der Waals surface area contributed by atoms with Gasteiger partial charge in [0, 0.05) is 6.04 Å². The Morgan fingerprint density at radius 1 is 1.38 bits per heavy atom. The topological polar surface area (TPSA) is 59.6 Å². The lowest BCUT2D eigenvalue weighted by molar-refractivity contribution is -0.131. The maximum Gasteiger partial charge on any atom is 0.264 e. The summed E-state index contributed by atoms with van der Waals surface area (Å²) >= 11 is 0. The van der Waals surface area contributed by atoms with Gasteiger partial charge in [-0.25, -0.2) is 0 Å². The first-order valence-electron chi connectivity index (χ1n) is 7.63. The Kier molecular flexibility index (Phi) is 4.29. The van der Waals surface area contributed by atoms with E-state index in [1.165, 1.54) is 6.42 Å². The highest BCUT2D eigenvalue weighted by atomic mass is 16.6. The number of piperidine rings is 1. The molecule has 5 nitrogen and oxygen atoms in total. The van der Waals surface area contributed by atoms with Crippen LogP contribution in [0.25, 0.3) is 0 Å². The number of hydrogen-bond acceptors (Lipinski definition) is 4. The molecule has 0 bridgehead atoms. The Balaban J connectivity index is 1.56. The molecule has 1 saturated heterocycles. The Hall–Kier alpha value is -1.75. The van der Waals surface area contributed by atoms with Gasteiger partial charge in [-0.1, -0.05) is 12.1 Å². The molecule has 2 aliphatic rings. The van der Waals surface area contributed by atoms with Gasteiger partial charge in [-0.2, -0.15) is 0 Å². The van der Waals surface area contributed by atoms with Crippen LogP contribution < -0.4 is 20.1 Å². The summed E-state index contributed by atoms with van der Waals surface area (Å²) in [6.07, 6.45) is 1.75. The molecular formula is C16H22N2O3. The molecule has 1 aromatic carbocycles. The number of rotatable bonds is 3. The van der Waals surface area contributed by atoms with Crippen LogP contribution in [0, 0.1) is 5.92 Å². The second-order valence-electron chi connectivity index (χ2n) is 5.77.